The van der Waals surface area contributed by atoms with Crippen molar-refractivity contribution >= 4 is 22.0 Å². The lowest BCUT2D eigenvalue weighted by Gasteiger charge is -2.30. The van der Waals surface area contributed by atoms with Crippen LogP contribution in [0.25, 0.3) is 0 Å². The third-order valence-electron chi connectivity index (χ3n) is 4.18. The maximum atomic E-state index is 12.2. The van der Waals surface area contributed by atoms with Gasteiger partial charge in [-0.2, -0.15) is 0 Å². The summed E-state index contributed by atoms with van der Waals surface area (Å²) in [7, 11) is -1.90. The van der Waals surface area contributed by atoms with Gasteiger partial charge < -0.3 is 4.74 Å². The Hall–Kier alpha value is -1.56. The molecule has 5 nitrogen and oxygen atoms in total. The van der Waals surface area contributed by atoms with Crippen molar-refractivity contribution < 1.29 is 17.9 Å². The van der Waals surface area contributed by atoms with Crippen molar-refractivity contribution in [2.45, 2.75) is 32.1 Å². The minimum absolute atomic E-state index is 0.359. The molecule has 1 aromatic carbocycles. The average molecular weight is 325 g/mol. The van der Waals surface area contributed by atoms with E-state index in [0.717, 1.165) is 25.7 Å². The number of ether oxygens (including phenoxy) is 1. The Balaban J connectivity index is 2.31. The molecular weight excluding hydrogens is 302 g/mol. The number of aldehydes is 1. The zero-order valence-corrected chi connectivity index (χ0v) is 13.9. The summed E-state index contributed by atoms with van der Waals surface area (Å²) in [5, 5.41) is 0. The van der Waals surface area contributed by atoms with E-state index in [4.69, 9.17) is 4.74 Å². The van der Waals surface area contributed by atoms with E-state index in [1.165, 1.54) is 24.1 Å². The zero-order chi connectivity index (χ0) is 16.2. The van der Waals surface area contributed by atoms with Crippen molar-refractivity contribution in [3.8, 4) is 5.75 Å². The lowest BCUT2D eigenvalue weighted by molar-refractivity contribution is 0.112. The normalized spacial score (nSPS) is 16.3. The molecule has 6 heteroatoms. The quantitative estimate of drug-likeness (QED) is 0.755. The van der Waals surface area contributed by atoms with Crippen LogP contribution in [0.4, 0.5) is 5.69 Å². The number of nitrogens with zero attached hydrogens (tertiary/aromatic N) is 1. The molecular formula is C16H23NO4S. The summed E-state index contributed by atoms with van der Waals surface area (Å²) in [6, 6.07) is 4.91. The Kier molecular flexibility index (Phi) is 5.45. The fourth-order valence-corrected chi connectivity index (χ4v) is 3.98. The van der Waals surface area contributed by atoms with E-state index >= 15 is 0 Å². The molecule has 0 radical (unpaired) electrons. The summed E-state index contributed by atoms with van der Waals surface area (Å²) in [6.07, 6.45) is 7.55. The molecule has 0 bridgehead atoms. The highest BCUT2D eigenvalue weighted by Gasteiger charge is 2.24. The molecule has 0 unspecified atom stereocenters. The van der Waals surface area contributed by atoms with Crippen LogP contribution in [0.5, 0.6) is 5.75 Å². The Bertz CT molecular complexity index is 621. The summed E-state index contributed by atoms with van der Waals surface area (Å²) in [4.78, 5) is 11.2. The standard InChI is InChI=1S/C16H23NO4S/c1-21-16-9-8-15(10-14(16)12-18)17(22(2,19)20)11-13-6-4-3-5-7-13/h8-10,12-13H,3-7,11H2,1-2H3. The molecule has 0 heterocycles. The topological polar surface area (TPSA) is 63.7 Å². The van der Waals surface area contributed by atoms with Crippen molar-refractivity contribution in [1.29, 1.82) is 0 Å². The van der Waals surface area contributed by atoms with Gasteiger partial charge in [0, 0.05) is 6.54 Å². The second-order valence-corrected chi connectivity index (χ2v) is 7.75. The van der Waals surface area contributed by atoms with Crippen molar-refractivity contribution in [3.05, 3.63) is 23.8 Å². The summed E-state index contributed by atoms with van der Waals surface area (Å²) >= 11 is 0. The first-order chi connectivity index (χ1) is 10.5. The van der Waals surface area contributed by atoms with E-state index in [1.807, 2.05) is 0 Å². The molecule has 0 aromatic heterocycles. The van der Waals surface area contributed by atoms with Gasteiger partial charge in [-0.3, -0.25) is 9.10 Å². The highest BCUT2D eigenvalue weighted by atomic mass is 32.2. The number of methoxy groups -OCH3 is 1. The largest absolute Gasteiger partial charge is 0.496 e. The number of benzene rings is 1. The van der Waals surface area contributed by atoms with Crippen LogP contribution in [0.2, 0.25) is 0 Å². The Morgan fingerprint density at radius 1 is 1.27 bits per heavy atom. The molecule has 1 fully saturated rings. The molecule has 122 valence electrons. The van der Waals surface area contributed by atoms with Gasteiger partial charge in [0.2, 0.25) is 10.0 Å². The number of carbonyl (C=O) groups excluding carboxylic acids is 1. The fourth-order valence-electron chi connectivity index (χ4n) is 3.01. The van der Waals surface area contributed by atoms with Crippen LogP contribution in [0.15, 0.2) is 18.2 Å². The van der Waals surface area contributed by atoms with Gasteiger partial charge in [-0.25, -0.2) is 8.42 Å². The maximum absolute atomic E-state index is 12.2. The first kappa shape index (κ1) is 16.8. The maximum Gasteiger partial charge on any atom is 0.232 e. The van der Waals surface area contributed by atoms with E-state index in [9.17, 15) is 13.2 Å². The minimum atomic E-state index is -3.39. The number of hydrogen-bond acceptors (Lipinski definition) is 4. The van der Waals surface area contributed by atoms with E-state index in [1.54, 1.807) is 18.2 Å². The van der Waals surface area contributed by atoms with Gasteiger partial charge in [0.15, 0.2) is 6.29 Å². The first-order valence-electron chi connectivity index (χ1n) is 7.56. The number of anilines is 1. The Morgan fingerprint density at radius 2 is 1.95 bits per heavy atom. The van der Waals surface area contributed by atoms with Crippen LogP contribution in [-0.4, -0.2) is 34.6 Å². The van der Waals surface area contributed by atoms with Crippen molar-refractivity contribution in [3.63, 3.8) is 0 Å². The predicted molar refractivity (Wildman–Crippen MR) is 87.1 cm³/mol. The monoisotopic (exact) mass is 325 g/mol. The van der Waals surface area contributed by atoms with E-state index in [0.29, 0.717) is 35.7 Å². The van der Waals surface area contributed by atoms with Crippen LogP contribution in [0, 0.1) is 5.92 Å². The SMILES string of the molecule is COc1ccc(N(CC2CCCCC2)S(C)(=O)=O)cc1C=O. The smallest absolute Gasteiger partial charge is 0.232 e. The highest BCUT2D eigenvalue weighted by molar-refractivity contribution is 7.92. The van der Waals surface area contributed by atoms with Gasteiger partial charge in [0.25, 0.3) is 0 Å². The molecule has 22 heavy (non-hydrogen) atoms. The third kappa shape index (κ3) is 4.00. The second-order valence-electron chi connectivity index (χ2n) is 5.84. The second kappa shape index (κ2) is 7.13. The van der Waals surface area contributed by atoms with Gasteiger partial charge in [0.05, 0.1) is 24.6 Å². The first-order valence-corrected chi connectivity index (χ1v) is 9.41. The van der Waals surface area contributed by atoms with Gasteiger partial charge in [-0.15, -0.1) is 0 Å². The highest BCUT2D eigenvalue weighted by Crippen LogP contribution is 2.30. The van der Waals surface area contributed by atoms with Crippen molar-refractivity contribution in [2.75, 3.05) is 24.2 Å². The summed E-state index contributed by atoms with van der Waals surface area (Å²) in [5.74, 6) is 0.829. The van der Waals surface area contributed by atoms with Crippen molar-refractivity contribution in [2.24, 2.45) is 5.92 Å². The average Bonchev–Trinajstić information content (AvgIpc) is 2.52. The molecule has 0 atom stereocenters. The summed E-state index contributed by atoms with van der Waals surface area (Å²) in [5.41, 5.74) is 0.883. The number of carbonyl (C=O) groups is 1. The van der Waals surface area contributed by atoms with Gasteiger partial charge in [-0.1, -0.05) is 19.3 Å². The summed E-state index contributed by atoms with van der Waals surface area (Å²) in [6.45, 7) is 0.476. The molecule has 1 saturated carbocycles. The fraction of sp³-hybridized carbons (Fsp3) is 0.562. The van der Waals surface area contributed by atoms with Gasteiger partial charge in [-0.05, 0) is 37.0 Å². The molecule has 1 aliphatic carbocycles. The van der Waals surface area contributed by atoms with E-state index in [-0.39, 0.29) is 0 Å². The number of hydrogen-bond donors (Lipinski definition) is 0. The molecule has 0 spiro atoms. The molecule has 0 saturated heterocycles. The van der Waals surface area contributed by atoms with Crippen molar-refractivity contribution in [1.82, 2.24) is 0 Å². The van der Waals surface area contributed by atoms with E-state index in [2.05, 4.69) is 0 Å². The number of rotatable bonds is 6. The molecule has 0 N–H and O–H groups in total. The molecule has 0 aliphatic heterocycles. The van der Waals surface area contributed by atoms with Crippen LogP contribution in [0.1, 0.15) is 42.5 Å². The molecule has 2 rings (SSSR count). The molecule has 0 amide bonds. The third-order valence-corrected chi connectivity index (χ3v) is 5.34. The lowest BCUT2D eigenvalue weighted by atomic mass is 9.89. The van der Waals surface area contributed by atoms with Crippen LogP contribution in [-0.2, 0) is 10.0 Å². The van der Waals surface area contributed by atoms with Gasteiger partial charge in [0.1, 0.15) is 5.75 Å². The number of sulfonamides is 1. The minimum Gasteiger partial charge on any atom is -0.496 e. The van der Waals surface area contributed by atoms with Crippen LogP contribution < -0.4 is 9.04 Å². The predicted octanol–water partition coefficient (Wildman–Crippen LogP) is 2.85. The Morgan fingerprint density at radius 3 is 2.50 bits per heavy atom. The Labute approximate surface area is 132 Å². The molecule has 1 aromatic rings. The zero-order valence-electron chi connectivity index (χ0n) is 13.1. The van der Waals surface area contributed by atoms with E-state index < -0.39 is 10.0 Å². The lowest BCUT2D eigenvalue weighted by Crippen LogP contribution is -2.35. The van der Waals surface area contributed by atoms with Gasteiger partial charge >= 0.3 is 0 Å². The van der Waals surface area contributed by atoms with Crippen LogP contribution >= 0.6 is 0 Å². The summed E-state index contributed by atoms with van der Waals surface area (Å²) < 4.78 is 30.9. The van der Waals surface area contributed by atoms with Crippen LogP contribution in [0.3, 0.4) is 0 Å². The molecule has 1 aliphatic rings.